The second-order valence-electron chi connectivity index (χ2n) is 4.69. The van der Waals surface area contributed by atoms with Crippen LogP contribution in [-0.2, 0) is 4.79 Å². The number of hydrogen-bond donors (Lipinski definition) is 3. The van der Waals surface area contributed by atoms with E-state index in [1.54, 1.807) is 37.3 Å². The number of hydrogen-bond acceptors (Lipinski definition) is 4. The highest BCUT2D eigenvalue weighted by atomic mass is 35.5. The molecule has 8 heteroatoms. The zero-order chi connectivity index (χ0) is 17.5. The highest BCUT2D eigenvalue weighted by Gasteiger charge is 2.07. The lowest BCUT2D eigenvalue weighted by Crippen LogP contribution is -2.48. The Balaban J connectivity index is 1.79. The number of aryl methyl sites for hydroxylation is 1. The average molecular weight is 364 g/mol. The third-order valence-corrected chi connectivity index (χ3v) is 3.21. The number of thiocarbonyl (C=S) groups is 1. The zero-order valence-corrected chi connectivity index (χ0v) is 14.2. The van der Waals surface area contributed by atoms with E-state index in [1.807, 2.05) is 0 Å². The Hall–Kier alpha value is -2.64. The third-order valence-electron chi connectivity index (χ3n) is 2.77. The van der Waals surface area contributed by atoms with Gasteiger partial charge in [0.1, 0.15) is 11.5 Å². The van der Waals surface area contributed by atoms with Crippen LogP contribution >= 0.6 is 23.8 Å². The topological polar surface area (TPSA) is 83.4 Å². The Morgan fingerprint density at radius 3 is 2.67 bits per heavy atom. The average Bonchev–Trinajstić information content (AvgIpc) is 2.96. The van der Waals surface area contributed by atoms with Gasteiger partial charge in [-0.25, -0.2) is 0 Å². The van der Waals surface area contributed by atoms with Crippen molar-refractivity contribution in [3.63, 3.8) is 0 Å². The summed E-state index contributed by atoms with van der Waals surface area (Å²) in [7, 11) is 0. The van der Waals surface area contributed by atoms with E-state index < -0.39 is 11.8 Å². The van der Waals surface area contributed by atoms with Crippen LogP contribution in [-0.4, -0.2) is 16.9 Å². The number of carbonyl (C=O) groups is 2. The lowest BCUT2D eigenvalue weighted by molar-refractivity contribution is -0.115. The van der Waals surface area contributed by atoms with Crippen LogP contribution in [0.1, 0.15) is 21.9 Å². The van der Waals surface area contributed by atoms with Gasteiger partial charge in [0.2, 0.25) is 5.91 Å². The van der Waals surface area contributed by atoms with E-state index in [1.165, 1.54) is 18.2 Å². The monoisotopic (exact) mass is 363 g/mol. The van der Waals surface area contributed by atoms with Crippen LogP contribution in [0.15, 0.2) is 46.9 Å². The van der Waals surface area contributed by atoms with E-state index in [9.17, 15) is 9.59 Å². The van der Waals surface area contributed by atoms with Gasteiger partial charge in [-0.2, -0.15) is 0 Å². The third kappa shape index (κ3) is 5.53. The predicted octanol–water partition coefficient (Wildman–Crippen LogP) is 2.59. The van der Waals surface area contributed by atoms with Gasteiger partial charge in [-0.15, -0.1) is 0 Å². The molecule has 6 nitrogen and oxygen atoms in total. The molecule has 0 unspecified atom stereocenters. The second-order valence-corrected chi connectivity index (χ2v) is 5.53. The molecule has 1 aromatic carbocycles. The van der Waals surface area contributed by atoms with Gasteiger partial charge in [0.25, 0.3) is 5.91 Å². The van der Waals surface area contributed by atoms with Crippen molar-refractivity contribution in [1.82, 2.24) is 16.2 Å². The molecule has 24 heavy (non-hydrogen) atoms. The van der Waals surface area contributed by atoms with Crippen LogP contribution in [0.5, 0.6) is 0 Å². The van der Waals surface area contributed by atoms with Gasteiger partial charge >= 0.3 is 0 Å². The minimum atomic E-state index is -0.460. The summed E-state index contributed by atoms with van der Waals surface area (Å²) < 4.78 is 5.29. The Bertz CT molecular complexity index is 801. The fourth-order valence-corrected chi connectivity index (χ4v) is 2.04. The van der Waals surface area contributed by atoms with Crippen molar-refractivity contribution in [2.45, 2.75) is 6.92 Å². The van der Waals surface area contributed by atoms with Crippen molar-refractivity contribution >= 4 is 46.8 Å². The summed E-state index contributed by atoms with van der Waals surface area (Å²) in [4.78, 5) is 23.6. The first-order valence-electron chi connectivity index (χ1n) is 6.85. The van der Waals surface area contributed by atoms with E-state index in [-0.39, 0.29) is 5.11 Å². The number of nitrogens with one attached hydrogen (secondary N) is 3. The van der Waals surface area contributed by atoms with Crippen LogP contribution in [0.25, 0.3) is 6.08 Å². The van der Waals surface area contributed by atoms with E-state index in [4.69, 9.17) is 28.2 Å². The van der Waals surface area contributed by atoms with Crippen molar-refractivity contribution < 1.29 is 14.0 Å². The smallest absolute Gasteiger partial charge is 0.269 e. The summed E-state index contributed by atoms with van der Waals surface area (Å²) >= 11 is 10.7. The molecule has 0 aliphatic heterocycles. The number of hydrazine groups is 1. The van der Waals surface area contributed by atoms with Gasteiger partial charge in [0.15, 0.2) is 5.11 Å². The lowest BCUT2D eigenvalue weighted by atomic mass is 10.2. The molecule has 124 valence electrons. The molecular weight excluding hydrogens is 350 g/mol. The molecule has 0 spiro atoms. The highest BCUT2D eigenvalue weighted by Crippen LogP contribution is 2.10. The number of halogens is 1. The molecule has 0 bridgehead atoms. The fraction of sp³-hybridized carbons (Fsp3) is 0.0625. The van der Waals surface area contributed by atoms with Gasteiger partial charge in [-0.3, -0.25) is 25.8 Å². The number of amides is 2. The van der Waals surface area contributed by atoms with E-state index in [2.05, 4.69) is 16.2 Å². The second kappa shape index (κ2) is 8.28. The largest absolute Gasteiger partial charge is 0.462 e. The molecule has 0 saturated carbocycles. The molecule has 0 aliphatic rings. The maximum absolute atomic E-state index is 11.9. The van der Waals surface area contributed by atoms with Gasteiger partial charge in [0.05, 0.1) is 0 Å². The molecule has 1 aromatic heterocycles. The number of furan rings is 1. The van der Waals surface area contributed by atoms with Gasteiger partial charge in [-0.05, 0) is 55.5 Å². The van der Waals surface area contributed by atoms with E-state index in [0.29, 0.717) is 16.3 Å². The number of rotatable bonds is 3. The Morgan fingerprint density at radius 2 is 2.00 bits per heavy atom. The minimum Gasteiger partial charge on any atom is -0.462 e. The quantitative estimate of drug-likeness (QED) is 0.443. The fourth-order valence-electron chi connectivity index (χ4n) is 1.70. The predicted molar refractivity (Wildman–Crippen MR) is 95.3 cm³/mol. The molecule has 1 heterocycles. The van der Waals surface area contributed by atoms with Gasteiger partial charge < -0.3 is 4.42 Å². The molecule has 0 fully saturated rings. The highest BCUT2D eigenvalue weighted by molar-refractivity contribution is 7.80. The molecular formula is C16H14ClN3O3S. The van der Waals surface area contributed by atoms with Crippen molar-refractivity contribution in [1.29, 1.82) is 0 Å². The van der Waals surface area contributed by atoms with Crippen LogP contribution in [0.4, 0.5) is 0 Å². The Morgan fingerprint density at radius 1 is 1.21 bits per heavy atom. The number of carbonyl (C=O) groups excluding carboxylic acids is 2. The van der Waals surface area contributed by atoms with Crippen molar-refractivity contribution in [3.05, 3.63) is 64.6 Å². The summed E-state index contributed by atoms with van der Waals surface area (Å²) in [5.41, 5.74) is 5.15. The van der Waals surface area contributed by atoms with E-state index in [0.717, 1.165) is 5.76 Å². The zero-order valence-electron chi connectivity index (χ0n) is 12.6. The van der Waals surface area contributed by atoms with Crippen LogP contribution in [0.2, 0.25) is 5.02 Å². The molecule has 0 saturated heterocycles. The maximum atomic E-state index is 11.9. The summed E-state index contributed by atoms with van der Waals surface area (Å²) in [6.45, 7) is 1.80. The molecule has 0 aliphatic carbocycles. The summed E-state index contributed by atoms with van der Waals surface area (Å²) in [5.74, 6) is 0.404. The molecule has 0 radical (unpaired) electrons. The lowest BCUT2D eigenvalue weighted by Gasteiger charge is -2.09. The van der Waals surface area contributed by atoms with Gasteiger partial charge in [-0.1, -0.05) is 17.7 Å². The minimum absolute atomic E-state index is 0.0457. The molecule has 2 aromatic rings. The first-order chi connectivity index (χ1) is 11.4. The normalized spacial score (nSPS) is 10.4. The summed E-state index contributed by atoms with van der Waals surface area (Å²) in [5, 5.41) is 2.78. The summed E-state index contributed by atoms with van der Waals surface area (Å²) in [6.07, 6.45) is 2.78. The maximum Gasteiger partial charge on any atom is 0.269 e. The van der Waals surface area contributed by atoms with Crippen LogP contribution < -0.4 is 16.2 Å². The summed E-state index contributed by atoms with van der Waals surface area (Å²) in [6, 6.07) is 9.94. The Kier molecular flexibility index (Phi) is 6.11. The van der Waals surface area contributed by atoms with E-state index >= 15 is 0 Å². The first kappa shape index (κ1) is 17.7. The van der Waals surface area contributed by atoms with Crippen molar-refractivity contribution in [3.8, 4) is 0 Å². The first-order valence-corrected chi connectivity index (χ1v) is 7.64. The molecule has 2 rings (SSSR count). The molecule has 3 N–H and O–H groups in total. The van der Waals surface area contributed by atoms with Crippen molar-refractivity contribution in [2.75, 3.05) is 0 Å². The Labute approximate surface area is 148 Å². The SMILES string of the molecule is Cc1ccc(/C=C/C(=O)NC(=S)NNC(=O)c2cccc(Cl)c2)o1. The van der Waals surface area contributed by atoms with Crippen LogP contribution in [0, 0.1) is 6.92 Å². The van der Waals surface area contributed by atoms with Crippen LogP contribution in [0.3, 0.4) is 0 Å². The molecule has 0 atom stereocenters. The van der Waals surface area contributed by atoms with Crippen molar-refractivity contribution in [2.24, 2.45) is 0 Å². The molecule has 2 amide bonds. The number of benzene rings is 1. The van der Waals surface area contributed by atoms with Gasteiger partial charge in [0, 0.05) is 16.7 Å². The standard InChI is InChI=1S/C16H14ClN3O3S/c1-10-5-6-13(23-10)7-8-14(21)18-16(24)20-19-15(22)11-3-2-4-12(17)9-11/h2-9H,1H3,(H,19,22)(H2,18,20,21,24)/b8-7+.